The van der Waals surface area contributed by atoms with Crippen LogP contribution in [0, 0.1) is 5.92 Å². The Morgan fingerprint density at radius 3 is 2.62 bits per heavy atom. The van der Waals surface area contributed by atoms with E-state index in [1.54, 1.807) is 6.92 Å². The zero-order chi connectivity index (χ0) is 18.3. The zero-order valence-electron chi connectivity index (χ0n) is 13.3. The number of hydrogen-bond donors (Lipinski definition) is 3. The van der Waals surface area contributed by atoms with Crippen LogP contribution in [0.15, 0.2) is 0 Å². The average Bonchev–Trinajstić information content (AvgIpc) is 2.74. The summed E-state index contributed by atoms with van der Waals surface area (Å²) in [5.41, 5.74) is 1.94. The van der Waals surface area contributed by atoms with Gasteiger partial charge in [0.25, 0.3) is 5.91 Å². The van der Waals surface area contributed by atoms with Gasteiger partial charge in [-0.15, -0.1) is 0 Å². The Bertz CT molecular complexity index is 666. The maximum atomic E-state index is 12.8. The first-order chi connectivity index (χ1) is 11.1. The summed E-state index contributed by atoms with van der Waals surface area (Å²) >= 11 is 0. The summed E-state index contributed by atoms with van der Waals surface area (Å²) < 4.78 is 34.9. The van der Waals surface area contributed by atoms with Crippen LogP contribution in [0.2, 0.25) is 0 Å². The Labute approximate surface area is 139 Å². The number of imide groups is 1. The Balaban J connectivity index is 2.50. The fraction of sp³-hybridized carbons (Fsp3) is 0.750. The molecule has 4 atom stereocenters. The molecule has 0 spiro atoms. The van der Waals surface area contributed by atoms with E-state index >= 15 is 0 Å². The number of quaternary nitrogens is 1. The number of hydrazine groups is 1. The third-order valence-electron chi connectivity index (χ3n) is 4.62. The number of fused-ring (bicyclic) bond motifs is 2. The van der Waals surface area contributed by atoms with E-state index in [4.69, 9.17) is 10.4 Å². The molecule has 2 aliphatic heterocycles. The van der Waals surface area contributed by atoms with Gasteiger partial charge >= 0.3 is 22.3 Å². The van der Waals surface area contributed by atoms with Crippen molar-refractivity contribution in [1.82, 2.24) is 10.3 Å². The number of carbonyl (C=O) groups excluding carboxylic acids is 3. The summed E-state index contributed by atoms with van der Waals surface area (Å²) in [5, 5.41) is 0. The molecule has 0 aromatic carbocycles. The molecule has 2 aliphatic rings. The first-order valence-corrected chi connectivity index (χ1v) is 8.88. The quantitative estimate of drug-likeness (QED) is 0.185. The lowest BCUT2D eigenvalue weighted by Gasteiger charge is -2.29. The molecule has 24 heavy (non-hydrogen) atoms. The van der Waals surface area contributed by atoms with Gasteiger partial charge < -0.3 is 0 Å². The van der Waals surface area contributed by atoms with Crippen LogP contribution >= 0.6 is 0 Å². The van der Waals surface area contributed by atoms with Crippen molar-refractivity contribution in [3.63, 3.8) is 0 Å². The van der Waals surface area contributed by atoms with Gasteiger partial charge in [-0.25, -0.2) is 15.4 Å². The van der Waals surface area contributed by atoms with Gasteiger partial charge in [0.15, 0.2) is 6.04 Å². The summed E-state index contributed by atoms with van der Waals surface area (Å²) in [6, 6.07) is -2.75. The van der Waals surface area contributed by atoms with Gasteiger partial charge in [-0.1, -0.05) is 6.92 Å². The normalized spacial score (nSPS) is 31.0. The van der Waals surface area contributed by atoms with E-state index in [0.29, 0.717) is 6.42 Å². The van der Waals surface area contributed by atoms with E-state index < -0.39 is 50.9 Å². The van der Waals surface area contributed by atoms with Crippen LogP contribution in [0.5, 0.6) is 0 Å². The van der Waals surface area contributed by atoms with E-state index in [2.05, 4.69) is 4.28 Å². The molecular formula is C12H21N4O7S+. The Kier molecular flexibility index (Phi) is 4.97. The van der Waals surface area contributed by atoms with Gasteiger partial charge in [0.05, 0.1) is 12.5 Å². The van der Waals surface area contributed by atoms with Crippen molar-refractivity contribution in [2.45, 2.75) is 45.2 Å². The highest BCUT2D eigenvalue weighted by molar-refractivity contribution is 7.80. The first kappa shape index (κ1) is 18.7. The monoisotopic (exact) mass is 365 g/mol. The molecule has 2 saturated heterocycles. The number of carbonyl (C=O) groups is 3. The molecule has 0 aromatic rings. The highest BCUT2D eigenvalue weighted by Gasteiger charge is 2.68. The van der Waals surface area contributed by atoms with E-state index in [0.717, 1.165) is 4.90 Å². The lowest BCUT2D eigenvalue weighted by atomic mass is 9.99. The number of piperidine rings is 1. The van der Waals surface area contributed by atoms with Crippen molar-refractivity contribution in [3.8, 4) is 0 Å². The second-order valence-electron chi connectivity index (χ2n) is 6.00. The fourth-order valence-electron chi connectivity index (χ4n) is 3.23. The third kappa shape index (κ3) is 2.91. The van der Waals surface area contributed by atoms with E-state index in [1.165, 1.54) is 6.92 Å². The number of rotatable bonds is 5. The minimum absolute atomic E-state index is 0.0470. The number of amides is 4. The number of hydrogen-bond acceptors (Lipinski definition) is 7. The summed E-state index contributed by atoms with van der Waals surface area (Å²) in [6.45, 7) is 3.18. The van der Waals surface area contributed by atoms with E-state index in [9.17, 15) is 22.8 Å². The molecule has 4 N–H and O–H groups in total. The van der Waals surface area contributed by atoms with Crippen LogP contribution in [0.25, 0.3) is 0 Å². The van der Waals surface area contributed by atoms with Gasteiger partial charge in [0, 0.05) is 6.42 Å². The Hall–Kier alpha value is -1.60. The molecule has 3 unspecified atom stereocenters. The van der Waals surface area contributed by atoms with Crippen molar-refractivity contribution < 1.29 is 36.3 Å². The summed E-state index contributed by atoms with van der Waals surface area (Å²) in [5.74, 6) is 3.02. The Morgan fingerprint density at radius 1 is 1.50 bits per heavy atom. The maximum Gasteiger partial charge on any atom is 0.462 e. The van der Waals surface area contributed by atoms with Crippen LogP contribution in [0.3, 0.4) is 0 Å². The van der Waals surface area contributed by atoms with Crippen LogP contribution < -0.4 is 11.3 Å². The fourth-order valence-corrected chi connectivity index (χ4v) is 3.79. The van der Waals surface area contributed by atoms with E-state index in [1.807, 2.05) is 5.43 Å². The molecule has 2 rings (SSSR count). The highest BCUT2D eigenvalue weighted by atomic mass is 32.3. The SMILES string of the molecule is CCC(C)C(=O)[N+]1(OS(=O)(=O)O)C(=O)N2CC1CC[C@H]2C(=O)NN. The number of nitrogens with zero attached hydrogens (tertiary/aromatic N) is 2. The molecule has 0 saturated carbocycles. The smallest absolute Gasteiger partial charge is 0.292 e. The highest BCUT2D eigenvalue weighted by Crippen LogP contribution is 2.39. The minimum atomic E-state index is -5.09. The predicted molar refractivity (Wildman–Crippen MR) is 78.6 cm³/mol. The van der Waals surface area contributed by atoms with Crippen LogP contribution in [-0.2, 0) is 24.3 Å². The van der Waals surface area contributed by atoms with Crippen molar-refractivity contribution in [1.29, 1.82) is 0 Å². The molecule has 4 amide bonds. The lowest BCUT2D eigenvalue weighted by molar-refractivity contribution is -0.962. The number of hydroxylamine groups is 3. The number of urea groups is 1. The van der Waals surface area contributed by atoms with Crippen molar-refractivity contribution >= 4 is 28.2 Å². The van der Waals surface area contributed by atoms with Crippen molar-refractivity contribution in [2.24, 2.45) is 11.8 Å². The second-order valence-corrected chi connectivity index (χ2v) is 7.00. The predicted octanol–water partition coefficient (Wildman–Crippen LogP) is -0.933. The molecule has 11 nitrogen and oxygen atoms in total. The standard InChI is InChI=1S/C12H20N4O7S/c1-3-7(2)11(18)16(23-24(20,21)22)8-4-5-9(10(17)14-13)15(6-8)12(16)19/h7-9H,3-6,13H2,1-2H3,(H-,14,17,20,21,22)/p+1/t7?,8?,9-,16?/m0/s1. The first-order valence-electron chi connectivity index (χ1n) is 7.51. The molecule has 2 heterocycles. The summed E-state index contributed by atoms with van der Waals surface area (Å²) in [4.78, 5) is 38.5. The Morgan fingerprint density at radius 2 is 2.12 bits per heavy atom. The molecular weight excluding hydrogens is 344 g/mol. The van der Waals surface area contributed by atoms with Gasteiger partial charge in [-0.05, 0) is 28.7 Å². The maximum absolute atomic E-state index is 12.8. The van der Waals surface area contributed by atoms with Crippen molar-refractivity contribution in [3.05, 3.63) is 0 Å². The van der Waals surface area contributed by atoms with Crippen LogP contribution in [-0.4, -0.2) is 59.0 Å². The minimum Gasteiger partial charge on any atom is -0.292 e. The van der Waals surface area contributed by atoms with Crippen molar-refractivity contribution in [2.75, 3.05) is 6.54 Å². The molecule has 0 radical (unpaired) electrons. The van der Waals surface area contributed by atoms with Gasteiger partial charge in [0.2, 0.25) is 0 Å². The molecule has 2 bridgehead atoms. The number of nitrogens with one attached hydrogen (secondary N) is 1. The van der Waals surface area contributed by atoms with Gasteiger partial charge in [0.1, 0.15) is 6.04 Å². The lowest BCUT2D eigenvalue weighted by Crippen LogP contribution is -2.61. The summed E-state index contributed by atoms with van der Waals surface area (Å²) in [6.07, 6.45) is 0.723. The molecule has 2 fully saturated rings. The number of nitrogens with two attached hydrogens (primary N) is 1. The van der Waals surface area contributed by atoms with Gasteiger partial charge in [-0.2, -0.15) is 8.42 Å². The molecule has 0 aliphatic carbocycles. The van der Waals surface area contributed by atoms with Gasteiger partial charge in [-0.3, -0.25) is 19.7 Å². The van der Waals surface area contributed by atoms with E-state index in [-0.39, 0.29) is 19.4 Å². The zero-order valence-corrected chi connectivity index (χ0v) is 14.2. The average molecular weight is 365 g/mol. The molecule has 136 valence electrons. The second kappa shape index (κ2) is 6.37. The topological polar surface area (TPSA) is 156 Å². The van der Waals surface area contributed by atoms with Crippen LogP contribution in [0.4, 0.5) is 4.79 Å². The molecule has 0 aromatic heterocycles. The largest absolute Gasteiger partial charge is 0.462 e. The molecule has 12 heteroatoms. The third-order valence-corrected chi connectivity index (χ3v) is 5.04. The van der Waals surface area contributed by atoms with Crippen LogP contribution in [0.1, 0.15) is 33.1 Å². The summed E-state index contributed by atoms with van der Waals surface area (Å²) in [7, 11) is -5.09.